The van der Waals surface area contributed by atoms with Crippen LogP contribution in [0.15, 0.2) is 29.6 Å². The summed E-state index contributed by atoms with van der Waals surface area (Å²) in [6.45, 7) is 0. The molecule has 0 bridgehead atoms. The smallest absolute Gasteiger partial charge is 0.189 e. The second kappa shape index (κ2) is 3.94. The van der Waals surface area contributed by atoms with Gasteiger partial charge in [0.05, 0.1) is 5.02 Å². The van der Waals surface area contributed by atoms with Gasteiger partial charge in [0.2, 0.25) is 0 Å². The van der Waals surface area contributed by atoms with Gasteiger partial charge in [-0.25, -0.2) is 4.39 Å². The van der Waals surface area contributed by atoms with Crippen LogP contribution in [0.1, 0.15) is 5.69 Å². The van der Waals surface area contributed by atoms with Crippen molar-refractivity contribution in [3.05, 3.63) is 40.9 Å². The van der Waals surface area contributed by atoms with Crippen molar-refractivity contribution in [2.75, 3.05) is 0 Å². The number of rotatable bonds is 1. The lowest BCUT2D eigenvalue weighted by Gasteiger charge is -2.05. The molecular weight excluding hydrogens is 233 g/mol. The number of aromatic nitrogens is 1. The zero-order valence-corrected chi connectivity index (χ0v) is 8.74. The standard InChI is InChI=1S/C10H7ClFN3O/c11-8-4-5(12)3-7-6(8)1-2-14-9(7)10(13)15-16/h1-4,16H,(H2,13,15). The van der Waals surface area contributed by atoms with Crippen molar-refractivity contribution in [3.8, 4) is 0 Å². The minimum Gasteiger partial charge on any atom is -0.409 e. The highest BCUT2D eigenvalue weighted by Gasteiger charge is 2.10. The fraction of sp³-hybridized carbons (Fsp3) is 0. The molecule has 0 aliphatic heterocycles. The Hall–Kier alpha value is -1.88. The maximum atomic E-state index is 13.2. The van der Waals surface area contributed by atoms with Gasteiger partial charge in [0.25, 0.3) is 0 Å². The average molecular weight is 240 g/mol. The number of halogens is 2. The lowest BCUT2D eigenvalue weighted by atomic mass is 10.1. The minimum absolute atomic E-state index is 0.188. The highest BCUT2D eigenvalue weighted by Crippen LogP contribution is 2.26. The zero-order chi connectivity index (χ0) is 11.7. The maximum absolute atomic E-state index is 13.2. The van der Waals surface area contributed by atoms with E-state index in [1.54, 1.807) is 6.07 Å². The van der Waals surface area contributed by atoms with E-state index in [1.165, 1.54) is 18.3 Å². The Bertz CT molecular complexity index is 586. The van der Waals surface area contributed by atoms with Gasteiger partial charge in [-0.2, -0.15) is 0 Å². The van der Waals surface area contributed by atoms with Gasteiger partial charge in [-0.3, -0.25) is 4.98 Å². The fourth-order valence-corrected chi connectivity index (χ4v) is 1.73. The number of hydrogen-bond acceptors (Lipinski definition) is 3. The third kappa shape index (κ3) is 1.65. The van der Waals surface area contributed by atoms with Crippen LogP contribution in [0, 0.1) is 5.82 Å². The Morgan fingerprint density at radius 1 is 1.44 bits per heavy atom. The molecule has 0 amide bonds. The Morgan fingerprint density at radius 3 is 2.88 bits per heavy atom. The van der Waals surface area contributed by atoms with Crippen LogP contribution in [0.4, 0.5) is 4.39 Å². The Kier molecular flexibility index (Phi) is 2.62. The Balaban J connectivity index is 2.87. The topological polar surface area (TPSA) is 71.5 Å². The van der Waals surface area contributed by atoms with E-state index in [0.717, 1.165) is 0 Å². The van der Waals surface area contributed by atoms with Crippen molar-refractivity contribution in [1.82, 2.24) is 4.98 Å². The molecule has 0 saturated heterocycles. The lowest BCUT2D eigenvalue weighted by Crippen LogP contribution is -2.15. The highest BCUT2D eigenvalue weighted by atomic mass is 35.5. The molecule has 16 heavy (non-hydrogen) atoms. The molecule has 2 rings (SSSR count). The molecule has 1 aromatic heterocycles. The van der Waals surface area contributed by atoms with Crippen molar-refractivity contribution in [2.45, 2.75) is 0 Å². The molecule has 0 spiro atoms. The van der Waals surface area contributed by atoms with Gasteiger partial charge in [0, 0.05) is 17.0 Å². The van der Waals surface area contributed by atoms with E-state index < -0.39 is 5.82 Å². The molecular formula is C10H7ClFN3O. The number of hydrogen-bond donors (Lipinski definition) is 2. The van der Waals surface area contributed by atoms with Gasteiger partial charge in [-0.1, -0.05) is 16.8 Å². The summed E-state index contributed by atoms with van der Waals surface area (Å²) >= 11 is 5.87. The largest absolute Gasteiger partial charge is 0.409 e. The first kappa shape index (κ1) is 10.6. The second-order valence-electron chi connectivity index (χ2n) is 3.13. The van der Waals surface area contributed by atoms with Gasteiger partial charge >= 0.3 is 0 Å². The molecule has 0 aliphatic rings. The first-order chi connectivity index (χ1) is 7.63. The number of pyridine rings is 1. The summed E-state index contributed by atoms with van der Waals surface area (Å²) in [5, 5.41) is 12.7. The Morgan fingerprint density at radius 2 is 2.19 bits per heavy atom. The molecule has 0 saturated carbocycles. The van der Waals surface area contributed by atoms with Crippen LogP contribution in [0.3, 0.4) is 0 Å². The SMILES string of the molecule is N/C(=N/O)c1nccc2c(Cl)cc(F)cc12. The summed E-state index contributed by atoms with van der Waals surface area (Å²) in [5.41, 5.74) is 5.63. The molecule has 3 N–H and O–H groups in total. The number of nitrogens with zero attached hydrogens (tertiary/aromatic N) is 2. The summed E-state index contributed by atoms with van der Waals surface area (Å²) in [6, 6.07) is 4.06. The van der Waals surface area contributed by atoms with Crippen molar-refractivity contribution >= 4 is 28.2 Å². The first-order valence-corrected chi connectivity index (χ1v) is 4.73. The third-order valence-corrected chi connectivity index (χ3v) is 2.46. The zero-order valence-electron chi connectivity index (χ0n) is 7.98. The molecule has 0 atom stereocenters. The van der Waals surface area contributed by atoms with Crippen LogP contribution in [0.2, 0.25) is 5.02 Å². The summed E-state index contributed by atoms with van der Waals surface area (Å²) in [4.78, 5) is 3.92. The van der Waals surface area contributed by atoms with E-state index in [4.69, 9.17) is 22.5 Å². The Labute approximate surface area is 95.1 Å². The van der Waals surface area contributed by atoms with Crippen LogP contribution in [0.5, 0.6) is 0 Å². The molecule has 0 radical (unpaired) electrons. The summed E-state index contributed by atoms with van der Waals surface area (Å²) in [5.74, 6) is -0.690. The molecule has 1 heterocycles. The first-order valence-electron chi connectivity index (χ1n) is 4.35. The average Bonchev–Trinajstić information content (AvgIpc) is 2.27. The van der Waals surface area contributed by atoms with E-state index in [0.29, 0.717) is 10.8 Å². The maximum Gasteiger partial charge on any atom is 0.189 e. The normalized spacial score (nSPS) is 12.0. The van der Waals surface area contributed by atoms with E-state index in [2.05, 4.69) is 10.1 Å². The van der Waals surface area contributed by atoms with Crippen molar-refractivity contribution in [1.29, 1.82) is 0 Å². The van der Waals surface area contributed by atoms with Crippen molar-refractivity contribution in [2.24, 2.45) is 10.9 Å². The van der Waals surface area contributed by atoms with Crippen LogP contribution in [-0.2, 0) is 0 Å². The summed E-state index contributed by atoms with van der Waals surface area (Å²) in [7, 11) is 0. The van der Waals surface area contributed by atoms with Crippen LogP contribution >= 0.6 is 11.6 Å². The quantitative estimate of drug-likeness (QED) is 0.347. The molecule has 82 valence electrons. The van der Waals surface area contributed by atoms with Crippen LogP contribution in [-0.4, -0.2) is 16.0 Å². The fourth-order valence-electron chi connectivity index (χ4n) is 1.46. The molecule has 6 heteroatoms. The third-order valence-electron chi connectivity index (χ3n) is 2.14. The van der Waals surface area contributed by atoms with E-state index in [1.807, 2.05) is 0 Å². The van der Waals surface area contributed by atoms with Gasteiger partial charge in [-0.15, -0.1) is 0 Å². The lowest BCUT2D eigenvalue weighted by molar-refractivity contribution is 0.318. The van der Waals surface area contributed by atoms with E-state index in [9.17, 15) is 4.39 Å². The molecule has 1 aromatic carbocycles. The number of nitrogens with two attached hydrogens (primary N) is 1. The number of fused-ring (bicyclic) bond motifs is 1. The van der Waals surface area contributed by atoms with Crippen LogP contribution < -0.4 is 5.73 Å². The predicted molar refractivity (Wildman–Crippen MR) is 59.2 cm³/mol. The van der Waals surface area contributed by atoms with E-state index in [-0.39, 0.29) is 16.6 Å². The van der Waals surface area contributed by atoms with Gasteiger partial charge in [0.15, 0.2) is 5.84 Å². The van der Waals surface area contributed by atoms with Crippen molar-refractivity contribution < 1.29 is 9.60 Å². The van der Waals surface area contributed by atoms with E-state index >= 15 is 0 Å². The summed E-state index contributed by atoms with van der Waals surface area (Å²) in [6.07, 6.45) is 1.46. The monoisotopic (exact) mass is 239 g/mol. The van der Waals surface area contributed by atoms with Gasteiger partial charge < -0.3 is 10.9 Å². The summed E-state index contributed by atoms with van der Waals surface area (Å²) < 4.78 is 13.2. The second-order valence-corrected chi connectivity index (χ2v) is 3.53. The molecule has 0 fully saturated rings. The van der Waals surface area contributed by atoms with Crippen molar-refractivity contribution in [3.63, 3.8) is 0 Å². The number of benzene rings is 1. The number of oxime groups is 1. The highest BCUT2D eigenvalue weighted by molar-refractivity contribution is 6.36. The molecule has 2 aromatic rings. The predicted octanol–water partition coefficient (Wildman–Crippen LogP) is 2.12. The molecule has 0 aliphatic carbocycles. The number of amidine groups is 1. The van der Waals surface area contributed by atoms with Gasteiger partial charge in [-0.05, 0) is 18.2 Å². The van der Waals surface area contributed by atoms with Crippen LogP contribution in [0.25, 0.3) is 10.8 Å². The molecule has 4 nitrogen and oxygen atoms in total. The minimum atomic E-state index is -0.502. The molecule has 0 unspecified atom stereocenters. The van der Waals surface area contributed by atoms with Gasteiger partial charge in [0.1, 0.15) is 11.5 Å².